The molecule has 170 valence electrons. The molecule has 3 aromatic rings. The first-order valence-electron chi connectivity index (χ1n) is 11.3. The zero-order valence-electron chi connectivity index (χ0n) is 18.9. The highest BCUT2D eigenvalue weighted by Crippen LogP contribution is 2.20. The van der Waals surface area contributed by atoms with Gasteiger partial charge < -0.3 is 9.30 Å². The van der Waals surface area contributed by atoms with Crippen LogP contribution in [0.2, 0.25) is 5.02 Å². The molecule has 6 heteroatoms. The van der Waals surface area contributed by atoms with Crippen LogP contribution in [0.4, 0.5) is 0 Å². The van der Waals surface area contributed by atoms with Crippen molar-refractivity contribution < 1.29 is 9.53 Å². The number of nitrogens with one attached hydrogen (secondary N) is 1. The zero-order valence-corrected chi connectivity index (χ0v) is 19.6. The van der Waals surface area contributed by atoms with E-state index in [4.69, 9.17) is 21.3 Å². The summed E-state index contributed by atoms with van der Waals surface area (Å²) < 4.78 is 7.56. The lowest BCUT2D eigenvalue weighted by molar-refractivity contribution is -0.145. The second-order valence-corrected chi connectivity index (χ2v) is 8.23. The van der Waals surface area contributed by atoms with Crippen molar-refractivity contribution in [2.24, 2.45) is 0 Å². The molecule has 0 fully saturated rings. The molecule has 1 atom stereocenters. The highest BCUT2D eigenvalue weighted by Gasteiger charge is 2.23. The number of imidazole rings is 1. The number of hydrogen-bond acceptors (Lipinski definition) is 4. The molecule has 2 aromatic carbocycles. The van der Waals surface area contributed by atoms with Gasteiger partial charge in [0.15, 0.2) is 0 Å². The second kappa shape index (κ2) is 12.4. The van der Waals surface area contributed by atoms with Crippen molar-refractivity contribution in [2.75, 3.05) is 6.61 Å². The number of halogens is 1. The number of nitrogens with zero attached hydrogens (tertiary/aromatic N) is 2. The molecule has 0 amide bonds. The molecular weight excluding hydrogens is 422 g/mol. The molecule has 3 rings (SSSR count). The summed E-state index contributed by atoms with van der Waals surface area (Å²) in [6, 6.07) is 17.5. The van der Waals surface area contributed by atoms with E-state index in [9.17, 15) is 4.79 Å². The average molecular weight is 454 g/mol. The van der Waals surface area contributed by atoms with Crippen LogP contribution in [0.1, 0.15) is 49.3 Å². The predicted octanol–water partition coefficient (Wildman–Crippen LogP) is 5.19. The number of aryl methyl sites for hydroxylation is 1. The second-order valence-electron chi connectivity index (χ2n) is 7.82. The summed E-state index contributed by atoms with van der Waals surface area (Å²) in [5.74, 6) is 0.775. The van der Waals surface area contributed by atoms with Gasteiger partial charge in [-0.15, -0.1) is 0 Å². The Labute approximate surface area is 195 Å². The number of carbonyl (C=O) groups is 1. The van der Waals surface area contributed by atoms with Gasteiger partial charge in [-0.1, -0.05) is 73.5 Å². The summed E-state index contributed by atoms with van der Waals surface area (Å²) in [5.41, 5.74) is 3.15. The highest BCUT2D eigenvalue weighted by molar-refractivity contribution is 6.31. The van der Waals surface area contributed by atoms with Crippen LogP contribution >= 0.6 is 11.6 Å². The van der Waals surface area contributed by atoms with Gasteiger partial charge in [0.2, 0.25) is 0 Å². The van der Waals surface area contributed by atoms with Gasteiger partial charge >= 0.3 is 5.97 Å². The van der Waals surface area contributed by atoms with Crippen molar-refractivity contribution in [1.29, 1.82) is 0 Å². The Morgan fingerprint density at radius 3 is 2.59 bits per heavy atom. The Hall–Kier alpha value is -2.63. The van der Waals surface area contributed by atoms with E-state index in [1.54, 1.807) is 0 Å². The molecule has 32 heavy (non-hydrogen) atoms. The van der Waals surface area contributed by atoms with Crippen molar-refractivity contribution in [3.8, 4) is 0 Å². The summed E-state index contributed by atoms with van der Waals surface area (Å²) in [6.45, 7) is 5.57. The molecule has 0 radical (unpaired) electrons. The van der Waals surface area contributed by atoms with Crippen LogP contribution in [0.25, 0.3) is 0 Å². The predicted molar refractivity (Wildman–Crippen MR) is 129 cm³/mol. The maximum atomic E-state index is 12.7. The van der Waals surface area contributed by atoms with E-state index >= 15 is 0 Å². The molecule has 0 saturated carbocycles. The summed E-state index contributed by atoms with van der Waals surface area (Å²) in [6.07, 6.45) is 5.43. The average Bonchev–Trinajstić information content (AvgIpc) is 3.18. The van der Waals surface area contributed by atoms with Crippen LogP contribution in [0, 0.1) is 0 Å². The number of aromatic nitrogens is 2. The molecule has 0 unspecified atom stereocenters. The van der Waals surface area contributed by atoms with Gasteiger partial charge in [0, 0.05) is 36.3 Å². The number of hydrogen-bond donors (Lipinski definition) is 1. The maximum absolute atomic E-state index is 12.7. The number of carbonyl (C=O) groups excluding carboxylic acids is 1. The third-order valence-electron chi connectivity index (χ3n) is 5.44. The van der Waals surface area contributed by atoms with Gasteiger partial charge in [0.25, 0.3) is 0 Å². The van der Waals surface area contributed by atoms with Crippen LogP contribution in [0.15, 0.2) is 60.8 Å². The number of ether oxygens (including phenoxy) is 1. The van der Waals surface area contributed by atoms with Crippen molar-refractivity contribution in [3.05, 3.63) is 88.5 Å². The molecule has 0 spiro atoms. The fourth-order valence-corrected chi connectivity index (χ4v) is 3.86. The molecule has 0 saturated heterocycles. The molecule has 0 aliphatic heterocycles. The van der Waals surface area contributed by atoms with E-state index in [0.29, 0.717) is 26.1 Å². The van der Waals surface area contributed by atoms with Gasteiger partial charge in [0.1, 0.15) is 11.9 Å². The Kier molecular flexibility index (Phi) is 9.32. The number of unbranched alkanes of at least 4 members (excludes halogenated alkanes) is 1. The fourth-order valence-electron chi connectivity index (χ4n) is 3.67. The number of rotatable bonds is 12. The van der Waals surface area contributed by atoms with Crippen LogP contribution in [0.5, 0.6) is 0 Å². The standard InChI is InChI=1S/C26H32ClN3O2/c1-3-5-15-25-29-18-22(30(25)19-21-13-9-10-14-23(21)27)16-24(26(31)32-4-2)28-17-20-11-7-6-8-12-20/h6-14,18,24,28H,3-5,15-17,19H2,1-2H3/t24-/m0/s1. The number of esters is 1. The van der Waals surface area contributed by atoms with Crippen molar-refractivity contribution >= 4 is 17.6 Å². The van der Waals surface area contributed by atoms with Gasteiger partial charge in [-0.2, -0.15) is 0 Å². The smallest absolute Gasteiger partial charge is 0.323 e. The lowest BCUT2D eigenvalue weighted by Crippen LogP contribution is -2.40. The monoisotopic (exact) mass is 453 g/mol. The van der Waals surface area contributed by atoms with Crippen molar-refractivity contribution in [1.82, 2.24) is 14.9 Å². The van der Waals surface area contributed by atoms with E-state index < -0.39 is 6.04 Å². The topological polar surface area (TPSA) is 56.1 Å². The van der Waals surface area contributed by atoms with Crippen LogP contribution < -0.4 is 5.32 Å². The Balaban J connectivity index is 1.84. The van der Waals surface area contributed by atoms with Crippen LogP contribution in [-0.4, -0.2) is 28.2 Å². The third kappa shape index (κ3) is 6.68. The van der Waals surface area contributed by atoms with Crippen LogP contribution in [0.3, 0.4) is 0 Å². The van der Waals surface area contributed by atoms with E-state index in [2.05, 4.69) is 16.8 Å². The fraction of sp³-hybridized carbons (Fsp3) is 0.385. The molecule has 0 aliphatic rings. The Morgan fingerprint density at radius 1 is 1.12 bits per heavy atom. The molecule has 0 aliphatic carbocycles. The van der Waals surface area contributed by atoms with Crippen LogP contribution in [-0.2, 0) is 35.5 Å². The molecule has 1 aromatic heterocycles. The zero-order chi connectivity index (χ0) is 22.8. The number of benzene rings is 2. The molecule has 0 bridgehead atoms. The van der Waals surface area contributed by atoms with Gasteiger partial charge in [-0.05, 0) is 30.5 Å². The molecule has 1 N–H and O–H groups in total. The lowest BCUT2D eigenvalue weighted by Gasteiger charge is -2.19. The normalized spacial score (nSPS) is 12.0. The van der Waals surface area contributed by atoms with E-state index in [-0.39, 0.29) is 5.97 Å². The maximum Gasteiger partial charge on any atom is 0.323 e. The van der Waals surface area contributed by atoms with Gasteiger partial charge in [0.05, 0.1) is 13.2 Å². The molecule has 5 nitrogen and oxygen atoms in total. The van der Waals surface area contributed by atoms with Crippen molar-refractivity contribution in [3.63, 3.8) is 0 Å². The first kappa shape index (κ1) is 24.0. The largest absolute Gasteiger partial charge is 0.465 e. The Bertz CT molecular complexity index is 988. The van der Waals surface area contributed by atoms with Gasteiger partial charge in [-0.25, -0.2) is 4.98 Å². The Morgan fingerprint density at radius 2 is 1.88 bits per heavy atom. The molecule has 1 heterocycles. The SMILES string of the molecule is CCCCc1ncc(C[C@H](NCc2ccccc2)C(=O)OCC)n1Cc1ccccc1Cl. The van der Waals surface area contributed by atoms with E-state index in [1.807, 2.05) is 67.7 Å². The summed E-state index contributed by atoms with van der Waals surface area (Å²) in [7, 11) is 0. The first-order chi connectivity index (χ1) is 15.6. The quantitative estimate of drug-likeness (QED) is 0.383. The summed E-state index contributed by atoms with van der Waals surface area (Å²) in [5, 5.41) is 4.12. The van der Waals surface area contributed by atoms with E-state index in [0.717, 1.165) is 46.9 Å². The minimum Gasteiger partial charge on any atom is -0.465 e. The van der Waals surface area contributed by atoms with Gasteiger partial charge in [-0.3, -0.25) is 10.1 Å². The summed E-state index contributed by atoms with van der Waals surface area (Å²) >= 11 is 6.44. The first-order valence-corrected chi connectivity index (χ1v) is 11.7. The van der Waals surface area contributed by atoms with E-state index in [1.165, 1.54) is 0 Å². The lowest BCUT2D eigenvalue weighted by atomic mass is 10.1. The minimum absolute atomic E-state index is 0.246. The molecular formula is C26H32ClN3O2. The minimum atomic E-state index is -0.462. The third-order valence-corrected chi connectivity index (χ3v) is 5.81. The summed E-state index contributed by atoms with van der Waals surface area (Å²) in [4.78, 5) is 17.4. The van der Waals surface area contributed by atoms with Crippen molar-refractivity contribution in [2.45, 2.75) is 58.7 Å². The highest BCUT2D eigenvalue weighted by atomic mass is 35.5.